The largest absolute Gasteiger partial charge is 0.299 e. The minimum absolute atomic E-state index is 0.0592. The van der Waals surface area contributed by atoms with Crippen LogP contribution in [0.4, 0.5) is 0 Å². The van der Waals surface area contributed by atoms with Gasteiger partial charge in [0.25, 0.3) is 0 Å². The molecule has 1 unspecified atom stereocenters. The zero-order valence-corrected chi connectivity index (χ0v) is 17.4. The zero-order chi connectivity index (χ0) is 19.7. The van der Waals surface area contributed by atoms with Crippen LogP contribution in [0.25, 0.3) is 21.7 Å². The van der Waals surface area contributed by atoms with Gasteiger partial charge in [-0.2, -0.15) is 0 Å². The molecule has 1 aliphatic carbocycles. The number of carbonyl (C=O) groups is 1. The molecule has 1 atom stereocenters. The van der Waals surface area contributed by atoms with Crippen LogP contribution in [-0.2, 0) is 21.9 Å². The molecule has 1 aromatic heterocycles. The van der Waals surface area contributed by atoms with Crippen molar-refractivity contribution in [1.82, 2.24) is 4.98 Å². The first-order valence-corrected chi connectivity index (χ1v) is 11.4. The number of aromatic nitrogens is 1. The fourth-order valence-corrected chi connectivity index (χ4v) is 5.19. The molecular formula is C21H18ClNO3S2. The summed E-state index contributed by atoms with van der Waals surface area (Å²) in [5.74, 6) is 0.386. The maximum atomic E-state index is 12.1. The molecule has 4 rings (SSSR count). The lowest BCUT2D eigenvalue weighted by Gasteiger charge is -2.03. The van der Waals surface area contributed by atoms with Gasteiger partial charge in [-0.1, -0.05) is 35.9 Å². The molecule has 4 nitrogen and oxygen atoms in total. The van der Waals surface area contributed by atoms with E-state index >= 15 is 0 Å². The summed E-state index contributed by atoms with van der Waals surface area (Å²) in [6.45, 7) is 0. The fraction of sp³-hybridized carbons (Fsp3) is 0.238. The first-order chi connectivity index (χ1) is 13.5. The first-order valence-electron chi connectivity index (χ1n) is 9.04. The van der Waals surface area contributed by atoms with E-state index in [1.165, 1.54) is 0 Å². The highest BCUT2D eigenvalue weighted by Gasteiger charge is 2.26. The molecule has 1 heterocycles. The van der Waals surface area contributed by atoms with Gasteiger partial charge >= 0.3 is 0 Å². The van der Waals surface area contributed by atoms with Crippen LogP contribution < -0.4 is 0 Å². The highest BCUT2D eigenvalue weighted by molar-refractivity contribution is 7.72. The van der Waals surface area contributed by atoms with E-state index in [-0.39, 0.29) is 10.8 Å². The third kappa shape index (κ3) is 4.04. The quantitative estimate of drug-likeness (QED) is 0.576. The highest BCUT2D eigenvalue weighted by Crippen LogP contribution is 2.39. The molecule has 3 aromatic rings. The number of hydrogen-bond donors (Lipinski definition) is 1. The van der Waals surface area contributed by atoms with Gasteiger partial charge in [-0.25, -0.2) is 13.4 Å². The average molecular weight is 432 g/mol. The number of halogens is 1. The Morgan fingerprint density at radius 2 is 1.71 bits per heavy atom. The summed E-state index contributed by atoms with van der Waals surface area (Å²) in [6.07, 6.45) is 3.21. The molecule has 2 aromatic carbocycles. The Morgan fingerprint density at radius 3 is 2.32 bits per heavy atom. The Labute approximate surface area is 174 Å². The van der Waals surface area contributed by atoms with E-state index in [4.69, 9.17) is 16.6 Å². The number of ketones is 1. The molecule has 7 heteroatoms. The number of rotatable bonds is 5. The van der Waals surface area contributed by atoms with E-state index in [2.05, 4.69) is 0 Å². The summed E-state index contributed by atoms with van der Waals surface area (Å²) >= 11 is 7.59. The second kappa shape index (κ2) is 8.15. The summed E-state index contributed by atoms with van der Waals surface area (Å²) in [6, 6.07) is 14.3. The summed E-state index contributed by atoms with van der Waals surface area (Å²) in [5.41, 5.74) is 2.69. The molecule has 0 N–H and O–H groups in total. The summed E-state index contributed by atoms with van der Waals surface area (Å²) in [5, 5.41) is 1.58. The normalized spacial score (nSPS) is 16.8. The second-order valence-electron chi connectivity index (χ2n) is 6.86. The van der Waals surface area contributed by atoms with Crippen molar-refractivity contribution in [3.63, 3.8) is 0 Å². The molecule has 0 bridgehead atoms. The predicted octanol–water partition coefficient (Wildman–Crippen LogP) is 5.01. The third-order valence-corrected chi connectivity index (χ3v) is 7.08. The van der Waals surface area contributed by atoms with Gasteiger partial charge in [-0.05, 0) is 42.7 Å². The smallest absolute Gasteiger partial charge is 0.168 e. The van der Waals surface area contributed by atoms with Crippen LogP contribution in [-0.4, -0.2) is 19.2 Å². The van der Waals surface area contributed by atoms with Gasteiger partial charge in [0.2, 0.25) is 0 Å². The Kier molecular flexibility index (Phi) is 5.62. The van der Waals surface area contributed by atoms with Crippen LogP contribution in [0.3, 0.4) is 0 Å². The van der Waals surface area contributed by atoms with E-state index < -0.39 is 10.7 Å². The number of thiol groups is 1. The van der Waals surface area contributed by atoms with Crippen molar-refractivity contribution < 1.29 is 13.2 Å². The number of hydrogen-bond acceptors (Lipinski definition) is 5. The van der Waals surface area contributed by atoms with E-state index in [1.807, 2.05) is 24.3 Å². The van der Waals surface area contributed by atoms with Crippen molar-refractivity contribution in [3.8, 4) is 21.7 Å². The number of Topliss-reactive ketones (excluding diaryl/α,β-unsaturated/α-hetero) is 1. The van der Waals surface area contributed by atoms with Gasteiger partial charge in [0.15, 0.2) is 10.7 Å². The summed E-state index contributed by atoms with van der Waals surface area (Å²) in [7, 11) is -2.61. The maximum Gasteiger partial charge on any atom is 0.168 e. The van der Waals surface area contributed by atoms with Gasteiger partial charge in [0, 0.05) is 29.3 Å². The Bertz CT molecular complexity index is 1080. The minimum Gasteiger partial charge on any atom is -0.299 e. The number of nitrogens with zero attached hydrogens (tertiary/aromatic N) is 1. The van der Waals surface area contributed by atoms with Gasteiger partial charge in [-0.15, -0.1) is 11.3 Å². The minimum atomic E-state index is -2.61. The maximum absolute atomic E-state index is 12.1. The lowest BCUT2D eigenvalue weighted by molar-refractivity contribution is -0.120. The third-order valence-electron chi connectivity index (χ3n) is 4.98. The van der Waals surface area contributed by atoms with E-state index in [9.17, 15) is 13.2 Å². The van der Waals surface area contributed by atoms with Crippen molar-refractivity contribution in [2.24, 2.45) is 5.92 Å². The van der Waals surface area contributed by atoms with Crippen LogP contribution >= 0.6 is 22.9 Å². The van der Waals surface area contributed by atoms with Crippen LogP contribution in [0.1, 0.15) is 24.3 Å². The SMILES string of the molecule is O=C1CCCC1Cc1nc(-c2ccc(Cl)cc2)c(-c2ccc([SH](=O)=O)cc2)s1. The molecule has 1 saturated carbocycles. The summed E-state index contributed by atoms with van der Waals surface area (Å²) < 4.78 is 22.4. The molecule has 28 heavy (non-hydrogen) atoms. The first kappa shape index (κ1) is 19.3. The highest BCUT2D eigenvalue weighted by atomic mass is 35.5. The van der Waals surface area contributed by atoms with Gasteiger partial charge in [0.05, 0.1) is 20.5 Å². The molecule has 0 aliphatic heterocycles. The van der Waals surface area contributed by atoms with Gasteiger partial charge < -0.3 is 0 Å². The van der Waals surface area contributed by atoms with Crippen molar-refractivity contribution in [3.05, 3.63) is 58.6 Å². The van der Waals surface area contributed by atoms with E-state index in [1.54, 1.807) is 35.6 Å². The van der Waals surface area contributed by atoms with Gasteiger partial charge in [-0.3, -0.25) is 4.79 Å². The van der Waals surface area contributed by atoms with Crippen molar-refractivity contribution >= 4 is 39.4 Å². The zero-order valence-electron chi connectivity index (χ0n) is 14.9. The molecule has 1 fully saturated rings. The van der Waals surface area contributed by atoms with Crippen molar-refractivity contribution in [2.45, 2.75) is 30.6 Å². The summed E-state index contributed by atoms with van der Waals surface area (Å²) in [4.78, 5) is 18.2. The number of thiazole rings is 1. The molecule has 1 aliphatic rings. The lowest BCUT2D eigenvalue weighted by Crippen LogP contribution is -2.09. The second-order valence-corrected chi connectivity index (χ2v) is 9.41. The van der Waals surface area contributed by atoms with Crippen LogP contribution in [0.2, 0.25) is 5.02 Å². The molecular weight excluding hydrogens is 414 g/mol. The van der Waals surface area contributed by atoms with Gasteiger partial charge in [0.1, 0.15) is 5.78 Å². The molecule has 144 valence electrons. The lowest BCUT2D eigenvalue weighted by atomic mass is 10.0. The standard InChI is InChI=1S/C21H18ClNO3S2/c22-16-8-4-13(5-9-16)20-21(14-6-10-17(11-7-14)28(25)26)27-19(23-20)12-15-2-1-3-18(15)24/h4-11,15,28H,1-3,12H2. The Hall–Kier alpha value is -2.02. The molecule has 0 spiro atoms. The molecule has 0 saturated heterocycles. The predicted molar refractivity (Wildman–Crippen MR) is 113 cm³/mol. The Morgan fingerprint density at radius 1 is 1.04 bits per heavy atom. The van der Waals surface area contributed by atoms with E-state index in [0.29, 0.717) is 23.6 Å². The van der Waals surface area contributed by atoms with Crippen LogP contribution in [0, 0.1) is 5.92 Å². The topological polar surface area (TPSA) is 64.1 Å². The van der Waals surface area contributed by atoms with E-state index in [0.717, 1.165) is 39.5 Å². The Balaban J connectivity index is 1.75. The van der Waals surface area contributed by atoms with Crippen LogP contribution in [0.5, 0.6) is 0 Å². The fourth-order valence-electron chi connectivity index (χ4n) is 3.50. The number of benzene rings is 2. The average Bonchev–Trinajstić information content (AvgIpc) is 3.29. The molecule has 0 amide bonds. The van der Waals surface area contributed by atoms with Crippen LogP contribution in [0.15, 0.2) is 53.4 Å². The van der Waals surface area contributed by atoms with Crippen molar-refractivity contribution in [1.29, 1.82) is 0 Å². The number of carbonyl (C=O) groups excluding carboxylic acids is 1. The monoisotopic (exact) mass is 431 g/mol. The molecule has 0 radical (unpaired) electrons. The van der Waals surface area contributed by atoms with Crippen molar-refractivity contribution in [2.75, 3.05) is 0 Å².